The first-order valence-electron chi connectivity index (χ1n) is 6.86. The lowest BCUT2D eigenvalue weighted by atomic mass is 9.75. The molecule has 1 aliphatic carbocycles. The van der Waals surface area contributed by atoms with Crippen molar-refractivity contribution in [2.75, 3.05) is 12.4 Å². The van der Waals surface area contributed by atoms with Gasteiger partial charge < -0.3 is 5.32 Å². The van der Waals surface area contributed by atoms with Crippen LogP contribution in [0.25, 0.3) is 0 Å². The molecule has 0 heterocycles. The molecule has 20 heavy (non-hydrogen) atoms. The van der Waals surface area contributed by atoms with Crippen LogP contribution in [0, 0.1) is 5.41 Å². The summed E-state index contributed by atoms with van der Waals surface area (Å²) in [5, 5.41) is 3.05. The number of alkyl halides is 1. The van der Waals surface area contributed by atoms with E-state index in [4.69, 9.17) is 11.6 Å². The van der Waals surface area contributed by atoms with Crippen molar-refractivity contribution < 1.29 is 4.79 Å². The smallest absolute Gasteiger partial charge is 0.252 e. The summed E-state index contributed by atoms with van der Waals surface area (Å²) >= 11 is 13.0. The number of nitrogens with one attached hydrogen (secondary N) is 1. The van der Waals surface area contributed by atoms with E-state index in [-0.39, 0.29) is 11.3 Å². The average Bonchev–Trinajstić information content (AvgIpc) is 2.48. The Morgan fingerprint density at radius 1 is 1.25 bits per heavy atom. The van der Waals surface area contributed by atoms with E-state index in [0.717, 1.165) is 21.8 Å². The topological polar surface area (TPSA) is 29.1 Å². The second kappa shape index (κ2) is 7.28. The van der Waals surface area contributed by atoms with Crippen molar-refractivity contribution in [3.63, 3.8) is 0 Å². The fourth-order valence-corrected chi connectivity index (χ4v) is 3.84. The van der Waals surface area contributed by atoms with E-state index in [9.17, 15) is 4.79 Å². The molecule has 2 rings (SSSR count). The van der Waals surface area contributed by atoms with Gasteiger partial charge in [-0.2, -0.15) is 0 Å². The minimum absolute atomic E-state index is 0.0479. The Hall–Kier alpha value is -0.0600. The van der Waals surface area contributed by atoms with Crippen molar-refractivity contribution in [2.45, 2.75) is 32.1 Å². The molecule has 1 aliphatic rings. The molecule has 0 aliphatic heterocycles. The van der Waals surface area contributed by atoms with E-state index < -0.39 is 0 Å². The zero-order valence-corrected chi connectivity index (χ0v) is 15.2. The lowest BCUT2D eigenvalue weighted by Crippen LogP contribution is -2.40. The van der Waals surface area contributed by atoms with Crippen LogP contribution in [-0.4, -0.2) is 18.3 Å². The monoisotopic (exact) mass is 421 g/mol. The molecule has 1 aromatic carbocycles. The van der Waals surface area contributed by atoms with Crippen molar-refractivity contribution in [2.24, 2.45) is 5.41 Å². The molecular formula is C15H18Br2ClNO. The number of halogens is 3. The number of benzene rings is 1. The van der Waals surface area contributed by atoms with Crippen LogP contribution < -0.4 is 5.32 Å². The van der Waals surface area contributed by atoms with Gasteiger partial charge in [-0.3, -0.25) is 4.79 Å². The van der Waals surface area contributed by atoms with Crippen LogP contribution in [0.1, 0.15) is 42.5 Å². The van der Waals surface area contributed by atoms with Crippen molar-refractivity contribution in [1.82, 2.24) is 5.32 Å². The minimum Gasteiger partial charge on any atom is -0.351 e. The Morgan fingerprint density at radius 3 is 2.60 bits per heavy atom. The van der Waals surface area contributed by atoms with E-state index in [1.54, 1.807) is 0 Å². The molecule has 1 saturated carbocycles. The van der Waals surface area contributed by atoms with Crippen LogP contribution >= 0.6 is 43.5 Å². The van der Waals surface area contributed by atoms with Crippen LogP contribution in [0.4, 0.5) is 0 Å². The third kappa shape index (κ3) is 3.99. The first-order chi connectivity index (χ1) is 9.56. The zero-order valence-electron chi connectivity index (χ0n) is 11.2. The van der Waals surface area contributed by atoms with E-state index in [0.29, 0.717) is 18.0 Å². The molecule has 2 nitrogen and oxygen atoms in total. The summed E-state index contributed by atoms with van der Waals surface area (Å²) in [4.78, 5) is 12.3. The van der Waals surface area contributed by atoms with Gasteiger partial charge in [-0.1, -0.05) is 35.2 Å². The third-order valence-electron chi connectivity index (χ3n) is 3.99. The largest absolute Gasteiger partial charge is 0.351 e. The van der Waals surface area contributed by atoms with Gasteiger partial charge in [0.25, 0.3) is 5.91 Å². The molecule has 0 radical (unpaired) electrons. The first-order valence-corrected chi connectivity index (χ1v) is 8.98. The molecule has 110 valence electrons. The molecule has 0 unspecified atom stereocenters. The predicted octanol–water partition coefficient (Wildman–Crippen LogP) is 5.13. The van der Waals surface area contributed by atoms with E-state index in [1.807, 2.05) is 18.2 Å². The molecule has 0 atom stereocenters. The molecule has 5 heteroatoms. The summed E-state index contributed by atoms with van der Waals surface area (Å²) < 4.78 is 1.71. The summed E-state index contributed by atoms with van der Waals surface area (Å²) in [7, 11) is 0. The number of carbonyl (C=O) groups excluding carboxylic acids is 1. The lowest BCUT2D eigenvalue weighted by Gasteiger charge is -2.35. The summed E-state index contributed by atoms with van der Waals surface area (Å²) in [5.74, 6) is 0.570. The molecule has 0 spiro atoms. The summed E-state index contributed by atoms with van der Waals surface area (Å²) in [6.45, 7) is 0.661. The summed E-state index contributed by atoms with van der Waals surface area (Å²) in [5.41, 5.74) is 0.730. The number of amides is 1. The van der Waals surface area contributed by atoms with Crippen molar-refractivity contribution >= 4 is 49.4 Å². The second-order valence-electron chi connectivity index (χ2n) is 5.50. The standard InChI is InChI=1S/C15H18Br2ClNO/c16-11-4-5-13(17)12(8-11)14(20)19-10-15(9-18)6-2-1-3-7-15/h4-5,8H,1-3,6-7,9-10H2,(H,19,20). The third-order valence-corrected chi connectivity index (χ3v) is 5.75. The maximum atomic E-state index is 12.3. The normalized spacial score (nSPS) is 17.8. The Bertz CT molecular complexity index is 487. The van der Waals surface area contributed by atoms with Gasteiger partial charge in [0.15, 0.2) is 0 Å². The van der Waals surface area contributed by atoms with Gasteiger partial charge in [0.2, 0.25) is 0 Å². The highest BCUT2D eigenvalue weighted by Gasteiger charge is 2.31. The Kier molecular flexibility index (Phi) is 5.94. The van der Waals surface area contributed by atoms with Crippen molar-refractivity contribution in [3.05, 3.63) is 32.7 Å². The number of rotatable bonds is 4. The molecular weight excluding hydrogens is 405 g/mol. The first kappa shape index (κ1) is 16.3. The molecule has 1 fully saturated rings. The maximum Gasteiger partial charge on any atom is 0.252 e. The number of hydrogen-bond donors (Lipinski definition) is 1. The van der Waals surface area contributed by atoms with Gasteiger partial charge in [0.05, 0.1) is 5.56 Å². The van der Waals surface area contributed by atoms with Crippen LogP contribution in [0.15, 0.2) is 27.1 Å². The Balaban J connectivity index is 2.02. The van der Waals surface area contributed by atoms with Crippen LogP contribution in [-0.2, 0) is 0 Å². The average molecular weight is 424 g/mol. The van der Waals surface area contributed by atoms with E-state index in [1.165, 1.54) is 19.3 Å². The SMILES string of the molecule is O=C(NCC1(CCl)CCCCC1)c1cc(Br)ccc1Br. The zero-order chi connectivity index (χ0) is 14.6. The van der Waals surface area contributed by atoms with E-state index in [2.05, 4.69) is 37.2 Å². The van der Waals surface area contributed by atoms with Gasteiger partial charge in [0.1, 0.15) is 0 Å². The maximum absolute atomic E-state index is 12.3. The van der Waals surface area contributed by atoms with Gasteiger partial charge in [-0.15, -0.1) is 11.6 Å². The predicted molar refractivity (Wildman–Crippen MR) is 90.4 cm³/mol. The van der Waals surface area contributed by atoms with Gasteiger partial charge in [-0.25, -0.2) is 0 Å². The quantitative estimate of drug-likeness (QED) is 0.669. The van der Waals surface area contributed by atoms with Crippen LogP contribution in [0.3, 0.4) is 0 Å². The highest BCUT2D eigenvalue weighted by atomic mass is 79.9. The highest BCUT2D eigenvalue weighted by molar-refractivity contribution is 9.11. The molecule has 1 aromatic rings. The molecule has 1 amide bonds. The number of carbonyl (C=O) groups is 1. The van der Waals surface area contributed by atoms with Gasteiger partial charge in [-0.05, 0) is 47.0 Å². The Morgan fingerprint density at radius 2 is 1.95 bits per heavy atom. The minimum atomic E-state index is -0.0479. The van der Waals surface area contributed by atoms with Gasteiger partial charge >= 0.3 is 0 Å². The number of hydrogen-bond acceptors (Lipinski definition) is 1. The highest BCUT2D eigenvalue weighted by Crippen LogP contribution is 2.36. The van der Waals surface area contributed by atoms with Gasteiger partial charge in [0, 0.05) is 26.8 Å². The fraction of sp³-hybridized carbons (Fsp3) is 0.533. The summed E-state index contributed by atoms with van der Waals surface area (Å²) in [6.07, 6.45) is 5.92. The van der Waals surface area contributed by atoms with Crippen molar-refractivity contribution in [1.29, 1.82) is 0 Å². The molecule has 1 N–H and O–H groups in total. The Labute approximate surface area is 141 Å². The van der Waals surface area contributed by atoms with Crippen LogP contribution in [0.5, 0.6) is 0 Å². The molecule has 0 aromatic heterocycles. The summed E-state index contributed by atoms with van der Waals surface area (Å²) in [6, 6.07) is 5.60. The second-order valence-corrected chi connectivity index (χ2v) is 7.54. The fourth-order valence-electron chi connectivity index (χ4n) is 2.69. The lowest BCUT2D eigenvalue weighted by molar-refractivity contribution is 0.0920. The van der Waals surface area contributed by atoms with Crippen LogP contribution in [0.2, 0.25) is 0 Å². The molecule has 0 saturated heterocycles. The van der Waals surface area contributed by atoms with Crippen molar-refractivity contribution in [3.8, 4) is 0 Å². The molecule has 0 bridgehead atoms. The van der Waals surface area contributed by atoms with E-state index >= 15 is 0 Å².